The van der Waals surface area contributed by atoms with E-state index < -0.39 is 0 Å². The first-order valence-corrected chi connectivity index (χ1v) is 6.03. The van der Waals surface area contributed by atoms with E-state index in [1.807, 2.05) is 42.3 Å². The summed E-state index contributed by atoms with van der Waals surface area (Å²) in [5.41, 5.74) is 1.02. The zero-order valence-electron chi connectivity index (χ0n) is 8.83. The average Bonchev–Trinajstić information content (AvgIpc) is 2.82. The number of amides is 1. The number of carbonyl (C=O) groups is 1. The quantitative estimate of drug-likeness (QED) is 0.740. The van der Waals surface area contributed by atoms with Crippen LogP contribution in [-0.4, -0.2) is 27.9 Å². The molecule has 1 atom stereocenters. The van der Waals surface area contributed by atoms with Gasteiger partial charge in [-0.05, 0) is 19.1 Å². The molecule has 0 spiro atoms. The van der Waals surface area contributed by atoms with Gasteiger partial charge in [-0.2, -0.15) is 0 Å². The van der Waals surface area contributed by atoms with Crippen molar-refractivity contribution in [2.75, 3.05) is 11.7 Å². The van der Waals surface area contributed by atoms with Gasteiger partial charge in [0.2, 0.25) is 5.91 Å². The van der Waals surface area contributed by atoms with Gasteiger partial charge in [-0.25, -0.2) is 5.01 Å². The predicted molar refractivity (Wildman–Crippen MR) is 65.1 cm³/mol. The first kappa shape index (κ1) is 9.72. The second-order valence-corrected chi connectivity index (χ2v) is 5.09. The number of fused-ring (bicyclic) bond motifs is 1. The summed E-state index contributed by atoms with van der Waals surface area (Å²) in [5.74, 6) is 0.155. The van der Waals surface area contributed by atoms with Gasteiger partial charge in [0.1, 0.15) is 6.67 Å². The van der Waals surface area contributed by atoms with Crippen molar-refractivity contribution in [3.8, 4) is 0 Å². The van der Waals surface area contributed by atoms with Gasteiger partial charge in [-0.15, -0.1) is 5.10 Å². The minimum absolute atomic E-state index is 0.0108. The van der Waals surface area contributed by atoms with E-state index in [0.29, 0.717) is 6.67 Å². The second-order valence-electron chi connectivity index (χ2n) is 3.79. The molecule has 1 unspecified atom stereocenters. The molecule has 2 aliphatic heterocycles. The largest absolute Gasteiger partial charge is 0.273 e. The van der Waals surface area contributed by atoms with Crippen LogP contribution in [0.5, 0.6) is 0 Å². The molecule has 1 aromatic rings. The molecule has 0 saturated carbocycles. The van der Waals surface area contributed by atoms with Crippen molar-refractivity contribution in [2.45, 2.75) is 12.2 Å². The van der Waals surface area contributed by atoms with E-state index in [-0.39, 0.29) is 11.2 Å². The van der Waals surface area contributed by atoms with Gasteiger partial charge in [-0.3, -0.25) is 9.69 Å². The van der Waals surface area contributed by atoms with Crippen LogP contribution in [0.2, 0.25) is 0 Å². The standard InChI is InChI=1S/C11H11N3OS/c1-8-10(15)13-7-14(12-11(13)16-8)9-5-3-2-4-6-9/h2-6,8H,7H2,1H3. The number of hydrogen-bond acceptors (Lipinski definition) is 4. The molecule has 5 heteroatoms. The van der Waals surface area contributed by atoms with E-state index in [9.17, 15) is 4.79 Å². The number of benzene rings is 1. The molecule has 82 valence electrons. The average molecular weight is 233 g/mol. The molecule has 0 N–H and O–H groups in total. The highest BCUT2D eigenvalue weighted by molar-refractivity contribution is 8.15. The number of thioether (sulfide) groups is 1. The highest BCUT2D eigenvalue weighted by Crippen LogP contribution is 2.32. The van der Waals surface area contributed by atoms with Gasteiger partial charge < -0.3 is 0 Å². The smallest absolute Gasteiger partial charge is 0.243 e. The van der Waals surface area contributed by atoms with Crippen molar-refractivity contribution < 1.29 is 4.79 Å². The summed E-state index contributed by atoms with van der Waals surface area (Å²) in [6, 6.07) is 9.89. The first-order valence-electron chi connectivity index (χ1n) is 5.15. The van der Waals surface area contributed by atoms with E-state index >= 15 is 0 Å². The highest BCUT2D eigenvalue weighted by atomic mass is 32.2. The first-order chi connectivity index (χ1) is 7.75. The van der Waals surface area contributed by atoms with Crippen molar-refractivity contribution in [2.24, 2.45) is 5.10 Å². The SMILES string of the molecule is CC1SC2=NN(c3ccccc3)CN2C1=O. The summed E-state index contributed by atoms with van der Waals surface area (Å²) < 4.78 is 0. The Labute approximate surface area is 97.9 Å². The fraction of sp³-hybridized carbons (Fsp3) is 0.273. The number of carbonyl (C=O) groups excluding carboxylic acids is 1. The fourth-order valence-corrected chi connectivity index (χ4v) is 2.77. The topological polar surface area (TPSA) is 35.9 Å². The third-order valence-electron chi connectivity index (χ3n) is 2.66. The van der Waals surface area contributed by atoms with E-state index in [4.69, 9.17) is 0 Å². The fourth-order valence-electron chi connectivity index (χ4n) is 1.80. The van der Waals surface area contributed by atoms with E-state index in [0.717, 1.165) is 10.9 Å². The summed E-state index contributed by atoms with van der Waals surface area (Å²) in [6.45, 7) is 2.45. The Bertz CT molecular complexity index is 460. The summed E-state index contributed by atoms with van der Waals surface area (Å²) in [7, 11) is 0. The van der Waals surface area contributed by atoms with E-state index in [1.54, 1.807) is 4.90 Å². The lowest BCUT2D eigenvalue weighted by Gasteiger charge is -2.16. The van der Waals surface area contributed by atoms with Gasteiger partial charge in [0.05, 0.1) is 10.9 Å². The van der Waals surface area contributed by atoms with Gasteiger partial charge in [0, 0.05) is 0 Å². The number of nitrogens with zero attached hydrogens (tertiary/aromatic N) is 3. The molecule has 16 heavy (non-hydrogen) atoms. The van der Waals surface area contributed by atoms with Crippen LogP contribution in [0.1, 0.15) is 6.92 Å². The predicted octanol–water partition coefficient (Wildman–Crippen LogP) is 1.70. The lowest BCUT2D eigenvalue weighted by molar-refractivity contribution is -0.125. The minimum Gasteiger partial charge on any atom is -0.273 e. The Balaban J connectivity index is 1.88. The lowest BCUT2D eigenvalue weighted by atomic mass is 10.3. The molecular weight excluding hydrogens is 222 g/mol. The van der Waals surface area contributed by atoms with Gasteiger partial charge in [-0.1, -0.05) is 30.0 Å². The Morgan fingerprint density at radius 2 is 2.12 bits per heavy atom. The number of rotatable bonds is 1. The van der Waals surface area contributed by atoms with Gasteiger partial charge in [0.15, 0.2) is 5.17 Å². The van der Waals surface area contributed by atoms with Crippen LogP contribution >= 0.6 is 11.8 Å². The zero-order valence-corrected chi connectivity index (χ0v) is 9.65. The monoisotopic (exact) mass is 233 g/mol. The van der Waals surface area contributed by atoms with E-state index in [1.165, 1.54) is 11.8 Å². The Morgan fingerprint density at radius 3 is 2.81 bits per heavy atom. The molecule has 1 saturated heterocycles. The van der Waals surface area contributed by atoms with Gasteiger partial charge in [0.25, 0.3) is 0 Å². The lowest BCUT2D eigenvalue weighted by Crippen LogP contribution is -2.33. The van der Waals surface area contributed by atoms with Crippen molar-refractivity contribution >= 4 is 28.5 Å². The zero-order chi connectivity index (χ0) is 11.1. The van der Waals surface area contributed by atoms with Crippen LogP contribution in [0, 0.1) is 0 Å². The van der Waals surface area contributed by atoms with Crippen molar-refractivity contribution in [3.63, 3.8) is 0 Å². The maximum atomic E-state index is 11.8. The molecular formula is C11H11N3OS. The third kappa shape index (κ3) is 1.39. The van der Waals surface area contributed by atoms with Crippen molar-refractivity contribution in [1.82, 2.24) is 4.90 Å². The normalized spacial score (nSPS) is 23.7. The van der Waals surface area contributed by atoms with E-state index in [2.05, 4.69) is 5.10 Å². The Kier molecular flexibility index (Phi) is 2.14. The molecule has 1 amide bonds. The molecule has 0 radical (unpaired) electrons. The summed E-state index contributed by atoms with van der Waals surface area (Å²) in [5, 5.41) is 7.12. The van der Waals surface area contributed by atoms with Crippen LogP contribution in [-0.2, 0) is 4.79 Å². The molecule has 0 aliphatic carbocycles. The van der Waals surface area contributed by atoms with Crippen LogP contribution in [0.25, 0.3) is 0 Å². The highest BCUT2D eigenvalue weighted by Gasteiger charge is 2.40. The van der Waals surface area contributed by atoms with Crippen molar-refractivity contribution in [3.05, 3.63) is 30.3 Å². The molecule has 2 heterocycles. The second kappa shape index (κ2) is 3.52. The number of anilines is 1. The molecule has 0 aromatic heterocycles. The Hall–Kier alpha value is -1.49. The van der Waals surface area contributed by atoms with Gasteiger partial charge >= 0.3 is 0 Å². The molecule has 0 bridgehead atoms. The summed E-state index contributed by atoms with van der Waals surface area (Å²) >= 11 is 1.53. The number of hydrazone groups is 1. The molecule has 4 nitrogen and oxygen atoms in total. The van der Waals surface area contributed by atoms with Crippen LogP contribution in [0.4, 0.5) is 5.69 Å². The number of hydrogen-bond donors (Lipinski definition) is 0. The minimum atomic E-state index is 0.0108. The maximum absolute atomic E-state index is 11.8. The molecule has 1 aromatic carbocycles. The third-order valence-corrected chi connectivity index (χ3v) is 3.73. The van der Waals surface area contributed by atoms with Crippen LogP contribution in [0.3, 0.4) is 0 Å². The number of amidine groups is 1. The number of para-hydroxylation sites is 1. The van der Waals surface area contributed by atoms with Crippen LogP contribution in [0.15, 0.2) is 35.4 Å². The molecule has 1 fully saturated rings. The molecule has 3 rings (SSSR count). The summed E-state index contributed by atoms with van der Waals surface area (Å²) in [4.78, 5) is 13.5. The summed E-state index contributed by atoms with van der Waals surface area (Å²) in [6.07, 6.45) is 0. The van der Waals surface area contributed by atoms with Crippen molar-refractivity contribution in [1.29, 1.82) is 0 Å². The van der Waals surface area contributed by atoms with Crippen LogP contribution < -0.4 is 5.01 Å². The molecule has 2 aliphatic rings. The maximum Gasteiger partial charge on any atom is 0.243 e. The Morgan fingerprint density at radius 1 is 1.38 bits per heavy atom.